The maximum Gasteiger partial charge on any atom is 0.163 e. The molecule has 0 spiro atoms. The molecule has 0 N–H and O–H groups in total. The summed E-state index contributed by atoms with van der Waals surface area (Å²) in [7, 11) is 3.58. The molecule has 0 bridgehead atoms. The zero-order chi connectivity index (χ0) is 13.0. The first-order chi connectivity index (χ1) is 8.77. The van der Waals surface area contributed by atoms with E-state index in [-0.39, 0.29) is 0 Å². The Balaban J connectivity index is 2.36. The summed E-state index contributed by atoms with van der Waals surface area (Å²) >= 11 is 3.46. The Bertz CT molecular complexity index is 515. The van der Waals surface area contributed by atoms with Crippen molar-refractivity contribution in [1.29, 1.82) is 0 Å². The number of nitrogens with zero attached hydrogens (tertiary/aromatic N) is 5. The predicted octanol–water partition coefficient (Wildman–Crippen LogP) is 1.21. The summed E-state index contributed by atoms with van der Waals surface area (Å²) in [6.45, 7) is 2.33. The molecule has 7 heteroatoms. The molecule has 0 aromatic carbocycles. The van der Waals surface area contributed by atoms with Gasteiger partial charge >= 0.3 is 0 Å². The Hall–Kier alpha value is -1.21. The fourth-order valence-corrected chi connectivity index (χ4v) is 2.26. The molecule has 6 nitrogen and oxygen atoms in total. The molecule has 0 fully saturated rings. The monoisotopic (exact) mass is 313 g/mol. The van der Waals surface area contributed by atoms with Crippen molar-refractivity contribution in [3.63, 3.8) is 0 Å². The number of aromatic nitrogens is 4. The number of methoxy groups -OCH3 is 1. The molecule has 98 valence electrons. The van der Waals surface area contributed by atoms with Gasteiger partial charge in [-0.25, -0.2) is 9.97 Å². The molecule has 0 aliphatic carbocycles. The number of hydrogen-bond donors (Lipinski definition) is 0. The van der Waals surface area contributed by atoms with E-state index in [2.05, 4.69) is 35.9 Å². The van der Waals surface area contributed by atoms with Crippen LogP contribution in [0.1, 0.15) is 0 Å². The standard InChI is InChI=1S/C11H16BrN5O/c1-16-10-9(7-15-16)11(14-8-13-10)17(4-3-12)5-6-18-2/h7-8H,3-6H2,1-2H3. The average molecular weight is 314 g/mol. The first-order valence-electron chi connectivity index (χ1n) is 5.70. The summed E-state index contributed by atoms with van der Waals surface area (Å²) in [6.07, 6.45) is 3.38. The lowest BCUT2D eigenvalue weighted by Crippen LogP contribution is -2.30. The number of ether oxygens (including phenoxy) is 1. The first-order valence-corrected chi connectivity index (χ1v) is 6.82. The van der Waals surface area contributed by atoms with Crippen LogP contribution >= 0.6 is 15.9 Å². The van der Waals surface area contributed by atoms with Crippen LogP contribution in [0.5, 0.6) is 0 Å². The summed E-state index contributed by atoms with van der Waals surface area (Å²) in [5.41, 5.74) is 0.844. The Morgan fingerprint density at radius 1 is 1.39 bits per heavy atom. The van der Waals surface area contributed by atoms with E-state index in [1.807, 2.05) is 7.05 Å². The van der Waals surface area contributed by atoms with Gasteiger partial charge in [0.1, 0.15) is 12.1 Å². The molecule has 0 radical (unpaired) electrons. The Kier molecular flexibility index (Phi) is 4.48. The molecule has 2 aromatic rings. The van der Waals surface area contributed by atoms with E-state index in [9.17, 15) is 0 Å². The van der Waals surface area contributed by atoms with Crippen LogP contribution in [-0.2, 0) is 11.8 Å². The lowest BCUT2D eigenvalue weighted by molar-refractivity contribution is 0.205. The third-order valence-corrected chi connectivity index (χ3v) is 3.08. The number of fused-ring (bicyclic) bond motifs is 1. The smallest absolute Gasteiger partial charge is 0.163 e. The highest BCUT2D eigenvalue weighted by Gasteiger charge is 2.13. The number of aryl methyl sites for hydroxylation is 1. The molecule has 0 atom stereocenters. The van der Waals surface area contributed by atoms with Crippen molar-refractivity contribution in [2.75, 3.05) is 37.0 Å². The normalized spacial score (nSPS) is 11.1. The molecule has 0 unspecified atom stereocenters. The fourth-order valence-electron chi connectivity index (χ4n) is 1.83. The first kappa shape index (κ1) is 13.2. The van der Waals surface area contributed by atoms with Gasteiger partial charge < -0.3 is 9.64 Å². The number of alkyl halides is 1. The van der Waals surface area contributed by atoms with E-state index < -0.39 is 0 Å². The molecule has 0 aliphatic heterocycles. The minimum atomic E-state index is 0.665. The minimum Gasteiger partial charge on any atom is -0.383 e. The van der Waals surface area contributed by atoms with Gasteiger partial charge in [0.05, 0.1) is 18.2 Å². The van der Waals surface area contributed by atoms with Gasteiger partial charge in [-0.3, -0.25) is 4.68 Å². The van der Waals surface area contributed by atoms with Crippen molar-refractivity contribution in [2.24, 2.45) is 7.05 Å². The number of rotatable bonds is 6. The van der Waals surface area contributed by atoms with Gasteiger partial charge in [0, 0.05) is 32.6 Å². The van der Waals surface area contributed by atoms with Crippen molar-refractivity contribution in [2.45, 2.75) is 0 Å². The maximum absolute atomic E-state index is 5.14. The van der Waals surface area contributed by atoms with E-state index in [0.717, 1.165) is 35.3 Å². The summed E-state index contributed by atoms with van der Waals surface area (Å²) in [5, 5.41) is 6.07. The van der Waals surface area contributed by atoms with Crippen LogP contribution in [-0.4, -0.2) is 51.9 Å². The quantitative estimate of drug-likeness (QED) is 0.750. The van der Waals surface area contributed by atoms with Gasteiger partial charge in [-0.2, -0.15) is 5.10 Å². The molecule has 0 saturated carbocycles. The van der Waals surface area contributed by atoms with Gasteiger partial charge in [-0.15, -0.1) is 0 Å². The van der Waals surface area contributed by atoms with E-state index in [1.165, 1.54) is 0 Å². The summed E-state index contributed by atoms with van der Waals surface area (Å²) in [4.78, 5) is 10.8. The molecule has 2 aromatic heterocycles. The van der Waals surface area contributed by atoms with Crippen molar-refractivity contribution in [3.8, 4) is 0 Å². The van der Waals surface area contributed by atoms with Gasteiger partial charge in [0.15, 0.2) is 5.65 Å². The molecule has 2 heterocycles. The van der Waals surface area contributed by atoms with Crippen LogP contribution in [0.4, 0.5) is 5.82 Å². The van der Waals surface area contributed by atoms with Crippen LogP contribution in [0.15, 0.2) is 12.5 Å². The second-order valence-electron chi connectivity index (χ2n) is 3.87. The lowest BCUT2D eigenvalue weighted by Gasteiger charge is -2.22. The number of halogens is 1. The molecule has 0 amide bonds. The largest absolute Gasteiger partial charge is 0.383 e. The van der Waals surface area contributed by atoms with Crippen LogP contribution in [0, 0.1) is 0 Å². The molecule has 0 saturated heterocycles. The Morgan fingerprint density at radius 3 is 2.94 bits per heavy atom. The van der Waals surface area contributed by atoms with Crippen molar-refractivity contribution >= 4 is 32.8 Å². The third-order valence-electron chi connectivity index (χ3n) is 2.73. The maximum atomic E-state index is 5.14. The summed E-state index contributed by atoms with van der Waals surface area (Å²) in [6, 6.07) is 0. The molecular formula is C11H16BrN5O. The predicted molar refractivity (Wildman–Crippen MR) is 74.2 cm³/mol. The molecule has 0 aliphatic rings. The van der Waals surface area contributed by atoms with E-state index in [0.29, 0.717) is 6.61 Å². The second kappa shape index (κ2) is 6.10. The zero-order valence-electron chi connectivity index (χ0n) is 10.5. The van der Waals surface area contributed by atoms with Gasteiger partial charge in [0.25, 0.3) is 0 Å². The Morgan fingerprint density at radius 2 is 2.22 bits per heavy atom. The van der Waals surface area contributed by atoms with Gasteiger partial charge in [-0.1, -0.05) is 15.9 Å². The van der Waals surface area contributed by atoms with Gasteiger partial charge in [0.2, 0.25) is 0 Å². The Labute approximate surface area is 114 Å². The van der Waals surface area contributed by atoms with Crippen LogP contribution < -0.4 is 4.90 Å². The SMILES string of the molecule is COCCN(CCBr)c1ncnc2c1cnn2C. The highest BCUT2D eigenvalue weighted by atomic mass is 79.9. The highest BCUT2D eigenvalue weighted by molar-refractivity contribution is 9.09. The summed E-state index contributed by atoms with van der Waals surface area (Å²) in [5.74, 6) is 0.907. The van der Waals surface area contributed by atoms with E-state index in [1.54, 1.807) is 24.3 Å². The third kappa shape index (κ3) is 2.62. The number of anilines is 1. The average Bonchev–Trinajstić information content (AvgIpc) is 2.77. The number of hydrogen-bond acceptors (Lipinski definition) is 5. The van der Waals surface area contributed by atoms with E-state index in [4.69, 9.17) is 4.74 Å². The van der Waals surface area contributed by atoms with Crippen LogP contribution in [0.3, 0.4) is 0 Å². The second-order valence-corrected chi connectivity index (χ2v) is 4.66. The zero-order valence-corrected chi connectivity index (χ0v) is 12.1. The van der Waals surface area contributed by atoms with Crippen LogP contribution in [0.2, 0.25) is 0 Å². The molecule has 18 heavy (non-hydrogen) atoms. The molecular weight excluding hydrogens is 298 g/mol. The highest BCUT2D eigenvalue weighted by Crippen LogP contribution is 2.21. The summed E-state index contributed by atoms with van der Waals surface area (Å²) < 4.78 is 6.89. The van der Waals surface area contributed by atoms with Crippen molar-refractivity contribution in [3.05, 3.63) is 12.5 Å². The van der Waals surface area contributed by atoms with Gasteiger partial charge in [-0.05, 0) is 0 Å². The van der Waals surface area contributed by atoms with E-state index >= 15 is 0 Å². The minimum absolute atomic E-state index is 0.665. The van der Waals surface area contributed by atoms with Crippen molar-refractivity contribution in [1.82, 2.24) is 19.7 Å². The lowest BCUT2D eigenvalue weighted by atomic mass is 10.3. The van der Waals surface area contributed by atoms with Crippen molar-refractivity contribution < 1.29 is 4.74 Å². The van der Waals surface area contributed by atoms with Crippen LogP contribution in [0.25, 0.3) is 11.0 Å². The fraction of sp³-hybridized carbons (Fsp3) is 0.545. The topological polar surface area (TPSA) is 56.1 Å². The molecule has 2 rings (SSSR count).